The van der Waals surface area contributed by atoms with Crippen molar-refractivity contribution in [2.45, 2.75) is 6.04 Å². The zero-order chi connectivity index (χ0) is 19.9. The predicted molar refractivity (Wildman–Crippen MR) is 108 cm³/mol. The summed E-state index contributed by atoms with van der Waals surface area (Å²) in [5, 5.41) is 5.75. The van der Waals surface area contributed by atoms with E-state index < -0.39 is 0 Å². The third-order valence-electron chi connectivity index (χ3n) is 4.41. The number of nitrogens with zero attached hydrogens (tertiary/aromatic N) is 1. The van der Waals surface area contributed by atoms with Gasteiger partial charge in [-0.3, -0.25) is 14.5 Å². The van der Waals surface area contributed by atoms with Gasteiger partial charge in [0.2, 0.25) is 0 Å². The van der Waals surface area contributed by atoms with Crippen LogP contribution in [0.2, 0.25) is 0 Å². The first-order chi connectivity index (χ1) is 13.6. The lowest BCUT2D eigenvalue weighted by Crippen LogP contribution is -2.34. The molecule has 0 aliphatic heterocycles. The summed E-state index contributed by atoms with van der Waals surface area (Å²) < 4.78 is 5.47. The molecule has 2 aromatic carbocycles. The summed E-state index contributed by atoms with van der Waals surface area (Å²) in [7, 11) is 3.85. The van der Waals surface area contributed by atoms with Crippen molar-refractivity contribution in [3.05, 3.63) is 89.9 Å². The molecule has 0 aliphatic rings. The highest BCUT2D eigenvalue weighted by atomic mass is 16.3. The highest BCUT2D eigenvalue weighted by Crippen LogP contribution is 2.19. The fourth-order valence-corrected chi connectivity index (χ4v) is 2.88. The van der Waals surface area contributed by atoms with Gasteiger partial charge in [-0.15, -0.1) is 0 Å². The van der Waals surface area contributed by atoms with Crippen LogP contribution in [0, 0.1) is 0 Å². The zero-order valence-electron chi connectivity index (χ0n) is 15.9. The predicted octanol–water partition coefficient (Wildman–Crippen LogP) is 3.56. The van der Waals surface area contributed by atoms with Crippen molar-refractivity contribution in [1.29, 1.82) is 0 Å². The van der Waals surface area contributed by atoms with Crippen LogP contribution in [0.5, 0.6) is 0 Å². The molecule has 0 aliphatic carbocycles. The van der Waals surface area contributed by atoms with Crippen LogP contribution < -0.4 is 10.6 Å². The molecule has 1 aromatic heterocycles. The molecule has 28 heavy (non-hydrogen) atoms. The Hall–Kier alpha value is -3.38. The average Bonchev–Trinajstić information content (AvgIpc) is 3.23. The number of likely N-dealkylation sites (N-methyl/N-ethyl adjacent to an activating group) is 1. The third-order valence-corrected chi connectivity index (χ3v) is 4.41. The first-order valence-corrected chi connectivity index (χ1v) is 8.99. The average molecular weight is 377 g/mol. The van der Waals surface area contributed by atoms with Gasteiger partial charge in [-0.2, -0.15) is 0 Å². The molecule has 3 aromatic rings. The van der Waals surface area contributed by atoms with Crippen molar-refractivity contribution in [3.8, 4) is 0 Å². The number of amides is 2. The van der Waals surface area contributed by atoms with Crippen molar-refractivity contribution in [2.24, 2.45) is 0 Å². The van der Waals surface area contributed by atoms with E-state index in [9.17, 15) is 9.59 Å². The summed E-state index contributed by atoms with van der Waals surface area (Å²) in [5.41, 5.74) is 1.40. The molecule has 3 rings (SSSR count). The summed E-state index contributed by atoms with van der Waals surface area (Å²) >= 11 is 0. The van der Waals surface area contributed by atoms with E-state index in [1.165, 1.54) is 0 Å². The number of furan rings is 1. The zero-order valence-corrected chi connectivity index (χ0v) is 15.9. The van der Waals surface area contributed by atoms with Gasteiger partial charge in [0.05, 0.1) is 23.6 Å². The molecular formula is C22H23N3O3. The van der Waals surface area contributed by atoms with Crippen molar-refractivity contribution in [1.82, 2.24) is 10.2 Å². The number of nitrogens with one attached hydrogen (secondary N) is 2. The standard InChI is InChI=1S/C22H23N3O3/c1-25(2)19(20-13-8-14-28-20)15-23-22(27)17-11-6-7-12-18(17)24-21(26)16-9-4-3-5-10-16/h3-14,19H,15H2,1-2H3,(H,23,27)(H,24,26). The Morgan fingerprint density at radius 1 is 0.929 bits per heavy atom. The highest BCUT2D eigenvalue weighted by Gasteiger charge is 2.20. The van der Waals surface area contributed by atoms with Gasteiger partial charge in [-0.05, 0) is 50.5 Å². The molecule has 144 valence electrons. The topological polar surface area (TPSA) is 74.6 Å². The molecule has 2 N–H and O–H groups in total. The van der Waals surface area contributed by atoms with E-state index >= 15 is 0 Å². The number of benzene rings is 2. The fraction of sp³-hybridized carbons (Fsp3) is 0.182. The molecule has 0 radical (unpaired) electrons. The number of para-hydroxylation sites is 1. The van der Waals surface area contributed by atoms with Gasteiger partial charge >= 0.3 is 0 Å². The van der Waals surface area contributed by atoms with Crippen LogP contribution in [-0.2, 0) is 0 Å². The number of hydrogen-bond acceptors (Lipinski definition) is 4. The molecule has 6 heteroatoms. The van der Waals surface area contributed by atoms with Crippen LogP contribution in [0.3, 0.4) is 0 Å². The summed E-state index contributed by atoms with van der Waals surface area (Å²) in [5.74, 6) is 0.251. The van der Waals surface area contributed by atoms with Crippen molar-refractivity contribution in [3.63, 3.8) is 0 Å². The maximum atomic E-state index is 12.8. The molecule has 1 heterocycles. The van der Waals surface area contributed by atoms with Crippen LogP contribution >= 0.6 is 0 Å². The van der Waals surface area contributed by atoms with Gasteiger partial charge < -0.3 is 15.1 Å². The van der Waals surface area contributed by atoms with Gasteiger partial charge in [-0.25, -0.2) is 0 Å². The minimum Gasteiger partial charge on any atom is -0.468 e. The molecule has 0 spiro atoms. The lowest BCUT2D eigenvalue weighted by Gasteiger charge is -2.23. The maximum Gasteiger partial charge on any atom is 0.255 e. The second-order valence-electron chi connectivity index (χ2n) is 6.57. The van der Waals surface area contributed by atoms with Crippen LogP contribution in [0.4, 0.5) is 5.69 Å². The van der Waals surface area contributed by atoms with Crippen molar-refractivity contribution < 1.29 is 14.0 Å². The minimum absolute atomic E-state index is 0.0926. The number of carbonyl (C=O) groups is 2. The molecule has 0 bridgehead atoms. The molecule has 0 saturated heterocycles. The van der Waals surface area contributed by atoms with Gasteiger partial charge in [0.15, 0.2) is 0 Å². The lowest BCUT2D eigenvalue weighted by atomic mass is 10.1. The van der Waals surface area contributed by atoms with E-state index in [4.69, 9.17) is 4.42 Å². The van der Waals surface area contributed by atoms with Gasteiger partial charge in [0.25, 0.3) is 11.8 Å². The Bertz CT molecular complexity index is 921. The third kappa shape index (κ3) is 4.66. The summed E-state index contributed by atoms with van der Waals surface area (Å²) in [4.78, 5) is 27.2. The Morgan fingerprint density at radius 3 is 2.32 bits per heavy atom. The van der Waals surface area contributed by atoms with E-state index in [2.05, 4.69) is 10.6 Å². The second kappa shape index (κ2) is 9.01. The highest BCUT2D eigenvalue weighted by molar-refractivity contribution is 6.08. The van der Waals surface area contributed by atoms with Crippen LogP contribution in [0.25, 0.3) is 0 Å². The van der Waals surface area contributed by atoms with Crippen LogP contribution in [-0.4, -0.2) is 37.4 Å². The quantitative estimate of drug-likeness (QED) is 0.660. The van der Waals surface area contributed by atoms with Gasteiger partial charge in [0.1, 0.15) is 5.76 Å². The Kier molecular flexibility index (Phi) is 6.24. The van der Waals surface area contributed by atoms with E-state index in [0.29, 0.717) is 23.4 Å². The van der Waals surface area contributed by atoms with E-state index in [1.807, 2.05) is 37.2 Å². The molecular weight excluding hydrogens is 354 g/mol. The fourth-order valence-electron chi connectivity index (χ4n) is 2.88. The molecule has 0 fully saturated rings. The summed E-state index contributed by atoms with van der Waals surface area (Å²) in [6, 6.07) is 19.4. The van der Waals surface area contributed by atoms with Crippen LogP contribution in [0.15, 0.2) is 77.4 Å². The molecule has 1 atom stereocenters. The monoisotopic (exact) mass is 377 g/mol. The Labute approximate surface area is 164 Å². The SMILES string of the molecule is CN(C)C(CNC(=O)c1ccccc1NC(=O)c1ccccc1)c1ccco1. The number of hydrogen-bond donors (Lipinski definition) is 2. The first-order valence-electron chi connectivity index (χ1n) is 8.99. The normalized spacial score (nSPS) is 11.8. The number of anilines is 1. The van der Waals surface area contributed by atoms with E-state index in [0.717, 1.165) is 5.76 Å². The molecule has 6 nitrogen and oxygen atoms in total. The second-order valence-corrected chi connectivity index (χ2v) is 6.57. The van der Waals surface area contributed by atoms with Crippen molar-refractivity contribution >= 4 is 17.5 Å². The number of carbonyl (C=O) groups excluding carboxylic acids is 2. The van der Waals surface area contributed by atoms with Crippen molar-refractivity contribution in [2.75, 3.05) is 26.0 Å². The lowest BCUT2D eigenvalue weighted by molar-refractivity contribution is 0.0940. The first kappa shape index (κ1) is 19.4. The minimum atomic E-state index is -0.262. The Morgan fingerprint density at radius 2 is 1.64 bits per heavy atom. The van der Waals surface area contributed by atoms with Gasteiger partial charge in [0, 0.05) is 12.1 Å². The van der Waals surface area contributed by atoms with E-state index in [1.54, 1.807) is 54.8 Å². The molecule has 2 amide bonds. The summed E-state index contributed by atoms with van der Waals surface area (Å²) in [6.07, 6.45) is 1.61. The molecule has 1 unspecified atom stereocenters. The summed E-state index contributed by atoms with van der Waals surface area (Å²) in [6.45, 7) is 0.375. The molecule has 0 saturated carbocycles. The van der Waals surface area contributed by atoms with Crippen LogP contribution in [0.1, 0.15) is 32.5 Å². The number of rotatable bonds is 7. The van der Waals surface area contributed by atoms with E-state index in [-0.39, 0.29) is 17.9 Å². The Balaban J connectivity index is 1.71. The smallest absolute Gasteiger partial charge is 0.255 e. The van der Waals surface area contributed by atoms with Gasteiger partial charge in [-0.1, -0.05) is 30.3 Å². The maximum absolute atomic E-state index is 12.8. The largest absolute Gasteiger partial charge is 0.468 e.